The maximum absolute atomic E-state index is 6.07. The van der Waals surface area contributed by atoms with Crippen LogP contribution in [0.1, 0.15) is 13.8 Å². The van der Waals surface area contributed by atoms with E-state index in [0.29, 0.717) is 11.3 Å². The first-order valence-electron chi connectivity index (χ1n) is 6.69. The number of aromatic nitrogens is 1. The van der Waals surface area contributed by atoms with Gasteiger partial charge < -0.3 is 10.6 Å². The average molecular weight is 273 g/mol. The monoisotopic (exact) mass is 273 g/mol. The normalized spacial score (nSPS) is 23.8. The lowest BCUT2D eigenvalue weighted by molar-refractivity contribution is 0.629. The number of rotatable bonds is 1. The predicted octanol–water partition coefficient (Wildman–Crippen LogP) is 3.15. The van der Waals surface area contributed by atoms with E-state index in [1.54, 1.807) is 6.20 Å². The highest BCUT2D eigenvalue weighted by atomic mass is 32.2. The Kier molecular flexibility index (Phi) is 3.27. The molecular weight excluding hydrogens is 254 g/mol. The fourth-order valence-corrected chi connectivity index (χ4v) is 3.82. The van der Waals surface area contributed by atoms with Crippen molar-refractivity contribution in [2.24, 2.45) is 0 Å². The van der Waals surface area contributed by atoms with E-state index in [2.05, 4.69) is 41.6 Å². The van der Waals surface area contributed by atoms with Crippen LogP contribution in [0.3, 0.4) is 0 Å². The van der Waals surface area contributed by atoms with Gasteiger partial charge in [0.1, 0.15) is 0 Å². The minimum absolute atomic E-state index is 0.533. The van der Waals surface area contributed by atoms with E-state index in [0.717, 1.165) is 23.0 Å². The molecule has 2 atom stereocenters. The van der Waals surface area contributed by atoms with E-state index in [1.807, 2.05) is 18.3 Å². The number of fused-ring (bicyclic) bond motifs is 1. The number of nitrogen functional groups attached to an aromatic ring is 1. The molecule has 100 valence electrons. The number of benzene rings is 1. The summed E-state index contributed by atoms with van der Waals surface area (Å²) in [5, 5.41) is 2.91. The van der Waals surface area contributed by atoms with Crippen molar-refractivity contribution < 1.29 is 0 Å². The molecule has 0 radical (unpaired) electrons. The standard InChI is InChI=1S/C15H19N3S/c1-10-11(2)19-8-7-18(10)15-4-3-14(16)12-5-6-17-9-13(12)15/h3-6,9-11H,7-8,16H2,1-2H3. The Labute approximate surface area is 118 Å². The summed E-state index contributed by atoms with van der Waals surface area (Å²) in [6.45, 7) is 5.69. The summed E-state index contributed by atoms with van der Waals surface area (Å²) < 4.78 is 0. The highest BCUT2D eigenvalue weighted by Crippen LogP contribution is 2.35. The molecule has 2 unspecified atom stereocenters. The van der Waals surface area contributed by atoms with Gasteiger partial charge in [-0.15, -0.1) is 0 Å². The quantitative estimate of drug-likeness (QED) is 0.811. The first-order valence-corrected chi connectivity index (χ1v) is 7.74. The highest BCUT2D eigenvalue weighted by Gasteiger charge is 2.26. The molecule has 0 aliphatic carbocycles. The maximum atomic E-state index is 6.07. The SMILES string of the molecule is CC1SCCN(c2ccc(N)c3ccncc23)C1C. The van der Waals surface area contributed by atoms with Gasteiger partial charge in [0.15, 0.2) is 0 Å². The Morgan fingerprint density at radius 1 is 1.26 bits per heavy atom. The molecule has 1 saturated heterocycles. The second kappa shape index (κ2) is 4.93. The molecule has 3 nitrogen and oxygen atoms in total. The van der Waals surface area contributed by atoms with Gasteiger partial charge in [-0.3, -0.25) is 4.98 Å². The molecule has 0 spiro atoms. The van der Waals surface area contributed by atoms with Crippen molar-refractivity contribution in [1.82, 2.24) is 4.98 Å². The molecule has 2 N–H and O–H groups in total. The van der Waals surface area contributed by atoms with Crippen LogP contribution in [0.5, 0.6) is 0 Å². The third-order valence-electron chi connectivity index (χ3n) is 4.02. The largest absolute Gasteiger partial charge is 0.398 e. The van der Waals surface area contributed by atoms with E-state index >= 15 is 0 Å². The number of nitrogens with two attached hydrogens (primary N) is 1. The Morgan fingerprint density at radius 3 is 2.95 bits per heavy atom. The van der Waals surface area contributed by atoms with Crippen molar-refractivity contribution in [2.45, 2.75) is 25.1 Å². The van der Waals surface area contributed by atoms with E-state index in [-0.39, 0.29) is 0 Å². The van der Waals surface area contributed by atoms with Crippen molar-refractivity contribution >= 4 is 33.9 Å². The van der Waals surface area contributed by atoms with Gasteiger partial charge in [-0.1, -0.05) is 6.92 Å². The fourth-order valence-electron chi connectivity index (χ4n) is 2.72. The molecular formula is C15H19N3S. The van der Waals surface area contributed by atoms with Crippen molar-refractivity contribution in [1.29, 1.82) is 0 Å². The van der Waals surface area contributed by atoms with Crippen molar-refractivity contribution in [3.8, 4) is 0 Å². The van der Waals surface area contributed by atoms with Gasteiger partial charge in [0.05, 0.1) is 0 Å². The van der Waals surface area contributed by atoms with Crippen LogP contribution in [-0.4, -0.2) is 28.6 Å². The number of pyridine rings is 1. The Morgan fingerprint density at radius 2 is 2.11 bits per heavy atom. The minimum Gasteiger partial charge on any atom is -0.398 e. The van der Waals surface area contributed by atoms with Gasteiger partial charge in [0.25, 0.3) is 0 Å². The molecule has 0 saturated carbocycles. The summed E-state index contributed by atoms with van der Waals surface area (Å²) in [4.78, 5) is 6.76. The average Bonchev–Trinajstić information content (AvgIpc) is 2.43. The number of thioether (sulfide) groups is 1. The summed E-state index contributed by atoms with van der Waals surface area (Å²) in [5.41, 5.74) is 8.15. The summed E-state index contributed by atoms with van der Waals surface area (Å²) >= 11 is 2.05. The van der Waals surface area contributed by atoms with Gasteiger partial charge >= 0.3 is 0 Å². The summed E-state index contributed by atoms with van der Waals surface area (Å²) in [5.74, 6) is 1.18. The van der Waals surface area contributed by atoms with Crippen LogP contribution < -0.4 is 10.6 Å². The van der Waals surface area contributed by atoms with Gasteiger partial charge in [-0.2, -0.15) is 11.8 Å². The molecule has 0 amide bonds. The molecule has 19 heavy (non-hydrogen) atoms. The molecule has 1 aliphatic heterocycles. The zero-order valence-corrected chi connectivity index (χ0v) is 12.2. The smallest absolute Gasteiger partial charge is 0.0466 e. The molecule has 1 fully saturated rings. The van der Waals surface area contributed by atoms with Crippen LogP contribution in [-0.2, 0) is 0 Å². The molecule has 0 bridgehead atoms. The summed E-state index contributed by atoms with van der Waals surface area (Å²) in [6, 6.07) is 6.68. The van der Waals surface area contributed by atoms with Crippen molar-refractivity contribution in [3.05, 3.63) is 30.6 Å². The predicted molar refractivity (Wildman–Crippen MR) is 84.9 cm³/mol. The van der Waals surface area contributed by atoms with Gasteiger partial charge in [-0.25, -0.2) is 0 Å². The van der Waals surface area contributed by atoms with Crippen molar-refractivity contribution in [2.75, 3.05) is 22.9 Å². The fraction of sp³-hybridized carbons (Fsp3) is 0.400. The van der Waals surface area contributed by atoms with Gasteiger partial charge in [0.2, 0.25) is 0 Å². The van der Waals surface area contributed by atoms with Crippen LogP contribution in [0, 0.1) is 0 Å². The zero-order chi connectivity index (χ0) is 13.4. The maximum Gasteiger partial charge on any atom is 0.0466 e. The second-order valence-corrected chi connectivity index (χ2v) is 6.59. The lowest BCUT2D eigenvalue weighted by Crippen LogP contribution is -2.44. The van der Waals surface area contributed by atoms with Crippen LogP contribution in [0.15, 0.2) is 30.6 Å². The van der Waals surface area contributed by atoms with E-state index in [9.17, 15) is 0 Å². The van der Waals surface area contributed by atoms with Crippen LogP contribution in [0.2, 0.25) is 0 Å². The van der Waals surface area contributed by atoms with Crippen molar-refractivity contribution in [3.63, 3.8) is 0 Å². The molecule has 2 heterocycles. The second-order valence-electron chi connectivity index (χ2n) is 5.11. The van der Waals surface area contributed by atoms with E-state index in [1.165, 1.54) is 11.4 Å². The topological polar surface area (TPSA) is 42.1 Å². The number of nitrogens with zero attached hydrogens (tertiary/aromatic N) is 2. The molecule has 4 heteroatoms. The van der Waals surface area contributed by atoms with Crippen LogP contribution in [0.4, 0.5) is 11.4 Å². The first kappa shape index (κ1) is 12.6. The lowest BCUT2D eigenvalue weighted by Gasteiger charge is -2.39. The van der Waals surface area contributed by atoms with Crippen LogP contribution >= 0.6 is 11.8 Å². The molecule has 1 aromatic heterocycles. The molecule has 1 aromatic carbocycles. The number of anilines is 2. The number of hydrogen-bond acceptors (Lipinski definition) is 4. The molecule has 2 aromatic rings. The van der Waals surface area contributed by atoms with E-state index in [4.69, 9.17) is 5.73 Å². The summed E-state index contributed by atoms with van der Waals surface area (Å²) in [7, 11) is 0. The minimum atomic E-state index is 0.533. The molecule has 3 rings (SSSR count). The highest BCUT2D eigenvalue weighted by molar-refractivity contribution is 8.00. The van der Waals surface area contributed by atoms with Crippen LogP contribution in [0.25, 0.3) is 10.8 Å². The zero-order valence-electron chi connectivity index (χ0n) is 11.3. The Bertz CT molecular complexity index is 599. The van der Waals surface area contributed by atoms with E-state index < -0.39 is 0 Å². The summed E-state index contributed by atoms with van der Waals surface area (Å²) in [6.07, 6.45) is 3.74. The molecule has 1 aliphatic rings. The third-order valence-corrected chi connectivity index (χ3v) is 5.36. The number of hydrogen-bond donors (Lipinski definition) is 1. The Hall–Kier alpha value is -1.42. The lowest BCUT2D eigenvalue weighted by atomic mass is 10.1. The van der Waals surface area contributed by atoms with Gasteiger partial charge in [-0.05, 0) is 25.1 Å². The third kappa shape index (κ3) is 2.14. The van der Waals surface area contributed by atoms with Gasteiger partial charge in [0, 0.05) is 58.1 Å². The first-order chi connectivity index (χ1) is 9.18. The Balaban J connectivity index is 2.12.